The lowest BCUT2D eigenvalue weighted by atomic mass is 9.91. The Hall–Kier alpha value is -1.39. The van der Waals surface area contributed by atoms with Crippen LogP contribution in [0.4, 0.5) is 0 Å². The SMILES string of the molecule is O=C(CN1CCC[C@H](c2ccccc2)C1)NC[C@H]1CCCOC1. The Labute approximate surface area is 139 Å². The lowest BCUT2D eigenvalue weighted by molar-refractivity contribution is -0.122. The molecule has 2 fully saturated rings. The number of benzene rings is 1. The van der Waals surface area contributed by atoms with Gasteiger partial charge in [-0.1, -0.05) is 30.3 Å². The summed E-state index contributed by atoms with van der Waals surface area (Å²) in [7, 11) is 0. The van der Waals surface area contributed by atoms with Crippen molar-refractivity contribution in [2.24, 2.45) is 5.92 Å². The van der Waals surface area contributed by atoms with E-state index in [1.54, 1.807) is 0 Å². The number of likely N-dealkylation sites (tertiary alicyclic amines) is 1. The lowest BCUT2D eigenvalue weighted by Crippen LogP contribution is -2.43. The molecule has 0 aliphatic carbocycles. The number of nitrogens with one attached hydrogen (secondary N) is 1. The van der Waals surface area contributed by atoms with Crippen LogP contribution in [0.3, 0.4) is 0 Å². The molecule has 2 aliphatic heterocycles. The van der Waals surface area contributed by atoms with Crippen LogP contribution in [-0.2, 0) is 9.53 Å². The molecule has 1 amide bonds. The Morgan fingerprint density at radius 1 is 1.22 bits per heavy atom. The van der Waals surface area contributed by atoms with Crippen LogP contribution in [-0.4, -0.2) is 50.2 Å². The third-order valence-corrected chi connectivity index (χ3v) is 4.99. The average molecular weight is 316 g/mol. The topological polar surface area (TPSA) is 41.6 Å². The highest BCUT2D eigenvalue weighted by molar-refractivity contribution is 5.78. The van der Waals surface area contributed by atoms with Crippen molar-refractivity contribution in [3.63, 3.8) is 0 Å². The number of hydrogen-bond acceptors (Lipinski definition) is 3. The Morgan fingerprint density at radius 3 is 2.87 bits per heavy atom. The van der Waals surface area contributed by atoms with Gasteiger partial charge in [0.15, 0.2) is 0 Å². The average Bonchev–Trinajstić information content (AvgIpc) is 2.62. The van der Waals surface area contributed by atoms with E-state index in [4.69, 9.17) is 4.74 Å². The maximum atomic E-state index is 12.2. The summed E-state index contributed by atoms with van der Waals surface area (Å²) in [6.07, 6.45) is 4.68. The van der Waals surface area contributed by atoms with Gasteiger partial charge in [0.05, 0.1) is 13.2 Å². The fraction of sp³-hybridized carbons (Fsp3) is 0.632. The molecule has 1 aromatic rings. The first-order valence-corrected chi connectivity index (χ1v) is 8.93. The Kier molecular flexibility index (Phi) is 6.06. The summed E-state index contributed by atoms with van der Waals surface area (Å²) >= 11 is 0. The fourth-order valence-corrected chi connectivity index (χ4v) is 3.68. The van der Waals surface area contributed by atoms with Crippen LogP contribution in [0.1, 0.15) is 37.2 Å². The molecule has 1 N–H and O–H groups in total. The van der Waals surface area contributed by atoms with E-state index < -0.39 is 0 Å². The number of hydrogen-bond donors (Lipinski definition) is 1. The zero-order valence-electron chi connectivity index (χ0n) is 13.9. The molecule has 0 bridgehead atoms. The molecule has 4 nitrogen and oxygen atoms in total. The van der Waals surface area contributed by atoms with Crippen LogP contribution in [0.15, 0.2) is 30.3 Å². The second-order valence-corrected chi connectivity index (χ2v) is 6.87. The predicted molar refractivity (Wildman–Crippen MR) is 91.4 cm³/mol. The van der Waals surface area contributed by atoms with Crippen molar-refractivity contribution in [3.05, 3.63) is 35.9 Å². The van der Waals surface area contributed by atoms with Crippen molar-refractivity contribution >= 4 is 5.91 Å². The highest BCUT2D eigenvalue weighted by Crippen LogP contribution is 2.26. The molecule has 0 saturated carbocycles. The first-order chi connectivity index (χ1) is 11.3. The summed E-state index contributed by atoms with van der Waals surface area (Å²) < 4.78 is 5.47. The molecule has 23 heavy (non-hydrogen) atoms. The van der Waals surface area contributed by atoms with Crippen LogP contribution >= 0.6 is 0 Å². The van der Waals surface area contributed by atoms with E-state index in [9.17, 15) is 4.79 Å². The molecule has 2 aliphatic rings. The van der Waals surface area contributed by atoms with Gasteiger partial charge in [0.1, 0.15) is 0 Å². The molecular weight excluding hydrogens is 288 g/mol. The smallest absolute Gasteiger partial charge is 0.234 e. The molecule has 2 saturated heterocycles. The standard InChI is InChI=1S/C19H28N2O2/c22-19(20-12-16-6-5-11-23-15-16)14-21-10-4-9-18(13-21)17-7-2-1-3-8-17/h1-3,7-8,16,18H,4-6,9-15H2,(H,20,22)/t16-,18+/m1/s1. The van der Waals surface area contributed by atoms with E-state index in [1.807, 2.05) is 0 Å². The molecular formula is C19H28N2O2. The summed E-state index contributed by atoms with van der Waals surface area (Å²) in [6, 6.07) is 10.7. The second kappa shape index (κ2) is 8.46. The van der Waals surface area contributed by atoms with E-state index in [2.05, 4.69) is 40.5 Å². The van der Waals surface area contributed by atoms with Gasteiger partial charge in [-0.3, -0.25) is 9.69 Å². The summed E-state index contributed by atoms with van der Waals surface area (Å²) in [6.45, 7) is 4.97. The lowest BCUT2D eigenvalue weighted by Gasteiger charge is -2.32. The van der Waals surface area contributed by atoms with Crippen LogP contribution in [0.2, 0.25) is 0 Å². The Morgan fingerprint density at radius 2 is 2.09 bits per heavy atom. The second-order valence-electron chi connectivity index (χ2n) is 6.87. The summed E-state index contributed by atoms with van der Waals surface area (Å²) in [5.41, 5.74) is 1.40. The van der Waals surface area contributed by atoms with Gasteiger partial charge in [0.25, 0.3) is 0 Å². The molecule has 1 aromatic carbocycles. The maximum absolute atomic E-state index is 12.2. The van der Waals surface area contributed by atoms with Crippen molar-refractivity contribution in [3.8, 4) is 0 Å². The monoisotopic (exact) mass is 316 g/mol. The van der Waals surface area contributed by atoms with Crippen molar-refractivity contribution in [1.82, 2.24) is 10.2 Å². The number of piperidine rings is 1. The fourth-order valence-electron chi connectivity index (χ4n) is 3.68. The van der Waals surface area contributed by atoms with Crippen molar-refractivity contribution in [2.45, 2.75) is 31.6 Å². The number of carbonyl (C=O) groups excluding carboxylic acids is 1. The highest BCUT2D eigenvalue weighted by Gasteiger charge is 2.23. The molecule has 0 spiro atoms. The van der Waals surface area contributed by atoms with Crippen LogP contribution in [0.25, 0.3) is 0 Å². The van der Waals surface area contributed by atoms with E-state index >= 15 is 0 Å². The third kappa shape index (κ3) is 5.05. The van der Waals surface area contributed by atoms with E-state index in [0.29, 0.717) is 18.4 Å². The molecule has 0 aromatic heterocycles. The minimum atomic E-state index is 0.157. The molecule has 2 atom stereocenters. The molecule has 2 heterocycles. The van der Waals surface area contributed by atoms with Gasteiger partial charge in [-0.15, -0.1) is 0 Å². The summed E-state index contributed by atoms with van der Waals surface area (Å²) in [4.78, 5) is 14.5. The molecule has 0 unspecified atom stereocenters. The minimum absolute atomic E-state index is 0.157. The van der Waals surface area contributed by atoms with E-state index in [0.717, 1.165) is 39.3 Å². The molecule has 0 radical (unpaired) electrons. The quantitative estimate of drug-likeness (QED) is 0.907. The number of rotatable bonds is 5. The number of amides is 1. The predicted octanol–water partition coefficient (Wildman–Crippen LogP) is 2.41. The van der Waals surface area contributed by atoms with Gasteiger partial charge in [0, 0.05) is 19.7 Å². The summed E-state index contributed by atoms with van der Waals surface area (Å²) in [5.74, 6) is 1.21. The first kappa shape index (κ1) is 16.5. The van der Waals surface area contributed by atoms with Crippen molar-refractivity contribution in [2.75, 3.05) is 39.4 Å². The normalized spacial score (nSPS) is 25.9. The number of ether oxygens (including phenoxy) is 1. The van der Waals surface area contributed by atoms with Crippen LogP contribution in [0.5, 0.6) is 0 Å². The van der Waals surface area contributed by atoms with Gasteiger partial charge < -0.3 is 10.1 Å². The number of carbonyl (C=O) groups is 1. The van der Waals surface area contributed by atoms with E-state index in [-0.39, 0.29) is 5.91 Å². The van der Waals surface area contributed by atoms with Gasteiger partial charge >= 0.3 is 0 Å². The van der Waals surface area contributed by atoms with Gasteiger partial charge in [-0.2, -0.15) is 0 Å². The first-order valence-electron chi connectivity index (χ1n) is 8.93. The third-order valence-electron chi connectivity index (χ3n) is 4.99. The van der Waals surface area contributed by atoms with Gasteiger partial charge in [-0.25, -0.2) is 0 Å². The molecule has 126 valence electrons. The van der Waals surface area contributed by atoms with Crippen molar-refractivity contribution < 1.29 is 9.53 Å². The number of nitrogens with zero attached hydrogens (tertiary/aromatic N) is 1. The van der Waals surface area contributed by atoms with E-state index in [1.165, 1.54) is 24.8 Å². The Bertz CT molecular complexity index is 485. The minimum Gasteiger partial charge on any atom is -0.381 e. The summed E-state index contributed by atoms with van der Waals surface area (Å²) in [5, 5.41) is 3.09. The van der Waals surface area contributed by atoms with Crippen molar-refractivity contribution in [1.29, 1.82) is 0 Å². The van der Waals surface area contributed by atoms with Gasteiger partial charge in [0.2, 0.25) is 5.91 Å². The van der Waals surface area contributed by atoms with Crippen LogP contribution in [0, 0.1) is 5.92 Å². The highest BCUT2D eigenvalue weighted by atomic mass is 16.5. The zero-order valence-corrected chi connectivity index (χ0v) is 13.9. The van der Waals surface area contributed by atoms with Gasteiger partial charge in [-0.05, 0) is 49.6 Å². The molecule has 4 heteroatoms. The zero-order chi connectivity index (χ0) is 15.9. The van der Waals surface area contributed by atoms with Crippen LogP contribution < -0.4 is 5.32 Å². The Balaban J connectivity index is 1.43. The molecule has 3 rings (SSSR count). The maximum Gasteiger partial charge on any atom is 0.234 e. The largest absolute Gasteiger partial charge is 0.381 e.